The van der Waals surface area contributed by atoms with Crippen LogP contribution >= 0.6 is 15.9 Å². The van der Waals surface area contributed by atoms with Gasteiger partial charge in [0.05, 0.1) is 11.9 Å². The van der Waals surface area contributed by atoms with Gasteiger partial charge in [-0.1, -0.05) is 0 Å². The second kappa shape index (κ2) is 5.48. The Labute approximate surface area is 127 Å². The van der Waals surface area contributed by atoms with E-state index in [4.69, 9.17) is 0 Å². The van der Waals surface area contributed by atoms with E-state index in [0.717, 1.165) is 25.3 Å². The molecule has 0 spiro atoms. The monoisotopic (exact) mass is 340 g/mol. The van der Waals surface area contributed by atoms with Crippen molar-refractivity contribution < 1.29 is 0 Å². The zero-order valence-corrected chi connectivity index (χ0v) is 13.6. The summed E-state index contributed by atoms with van der Waals surface area (Å²) in [6.45, 7) is 6.89. The van der Waals surface area contributed by atoms with E-state index in [2.05, 4.69) is 45.1 Å². The van der Waals surface area contributed by atoms with Crippen LogP contribution in [0.25, 0.3) is 0 Å². The number of hydrogen-bond acceptors (Lipinski definition) is 4. The third kappa shape index (κ3) is 2.91. The second-order valence-corrected chi connectivity index (χ2v) is 6.94. The van der Waals surface area contributed by atoms with Crippen LogP contribution in [0.15, 0.2) is 15.5 Å². The highest BCUT2D eigenvalue weighted by Gasteiger charge is 2.26. The van der Waals surface area contributed by atoms with Gasteiger partial charge in [0.25, 0.3) is 5.56 Å². The van der Waals surface area contributed by atoms with Crippen molar-refractivity contribution in [2.75, 3.05) is 18.0 Å². The molecule has 3 rings (SSSR count). The molecule has 110 valence electrons. The number of nitrogens with zero attached hydrogens (tertiary/aromatic N) is 3. The summed E-state index contributed by atoms with van der Waals surface area (Å²) in [6, 6.07) is 0.832. The van der Waals surface area contributed by atoms with Crippen LogP contribution in [0.3, 0.4) is 0 Å². The molecule has 1 aromatic heterocycles. The first-order chi connectivity index (χ1) is 9.54. The quantitative estimate of drug-likeness (QED) is 0.908. The third-order valence-electron chi connectivity index (χ3n) is 3.99. The van der Waals surface area contributed by atoms with Crippen LogP contribution in [-0.4, -0.2) is 35.0 Å². The fourth-order valence-corrected chi connectivity index (χ4v) is 3.43. The number of aromatic nitrogens is 2. The molecule has 2 heterocycles. The molecular weight excluding hydrogens is 320 g/mol. The molecule has 1 aromatic rings. The highest BCUT2D eigenvalue weighted by atomic mass is 79.9. The number of hydrogen-bond donors (Lipinski definition) is 1. The highest BCUT2D eigenvalue weighted by molar-refractivity contribution is 9.10. The smallest absolute Gasteiger partial charge is 0.283 e. The lowest BCUT2D eigenvalue weighted by atomic mass is 10.1. The van der Waals surface area contributed by atoms with Crippen molar-refractivity contribution in [2.45, 2.75) is 45.3 Å². The van der Waals surface area contributed by atoms with Gasteiger partial charge in [-0.15, -0.1) is 0 Å². The molecular formula is C14H21BrN4O. The normalized spacial score (nSPS) is 26.9. The minimum absolute atomic E-state index is 0.00626. The maximum absolute atomic E-state index is 12.4. The molecule has 2 atom stereocenters. The van der Waals surface area contributed by atoms with Crippen LogP contribution in [0.2, 0.25) is 0 Å². The van der Waals surface area contributed by atoms with Gasteiger partial charge in [-0.05, 0) is 48.5 Å². The molecule has 1 saturated heterocycles. The molecule has 1 N–H and O–H groups in total. The molecule has 0 amide bonds. The van der Waals surface area contributed by atoms with Gasteiger partial charge in [-0.25, -0.2) is 4.68 Å². The van der Waals surface area contributed by atoms with E-state index >= 15 is 0 Å². The van der Waals surface area contributed by atoms with Crippen molar-refractivity contribution in [1.82, 2.24) is 15.1 Å². The molecule has 0 radical (unpaired) electrons. The van der Waals surface area contributed by atoms with Crippen LogP contribution < -0.4 is 15.8 Å². The molecule has 2 fully saturated rings. The van der Waals surface area contributed by atoms with Gasteiger partial charge in [0.2, 0.25) is 0 Å². The predicted octanol–water partition coefficient (Wildman–Crippen LogP) is 1.60. The predicted molar refractivity (Wildman–Crippen MR) is 83.2 cm³/mol. The van der Waals surface area contributed by atoms with E-state index in [1.807, 2.05) is 6.20 Å². The Hall–Kier alpha value is -0.880. The number of nitrogens with one attached hydrogen (secondary N) is 1. The summed E-state index contributed by atoms with van der Waals surface area (Å²) in [5.74, 6) is 0.650. The molecule has 1 aliphatic carbocycles. The Kier molecular flexibility index (Phi) is 3.86. The van der Waals surface area contributed by atoms with Crippen molar-refractivity contribution in [3.05, 3.63) is 21.0 Å². The van der Waals surface area contributed by atoms with Crippen molar-refractivity contribution in [3.8, 4) is 0 Å². The average molecular weight is 341 g/mol. The van der Waals surface area contributed by atoms with Gasteiger partial charge in [0.1, 0.15) is 4.47 Å². The topological polar surface area (TPSA) is 50.2 Å². The summed E-state index contributed by atoms with van der Waals surface area (Å²) < 4.78 is 2.25. The lowest BCUT2D eigenvalue weighted by molar-refractivity contribution is 0.405. The van der Waals surface area contributed by atoms with E-state index in [1.165, 1.54) is 12.8 Å². The Morgan fingerprint density at radius 2 is 2.00 bits per heavy atom. The van der Waals surface area contributed by atoms with Gasteiger partial charge >= 0.3 is 0 Å². The summed E-state index contributed by atoms with van der Waals surface area (Å²) in [4.78, 5) is 14.6. The molecule has 5 nitrogen and oxygen atoms in total. The number of rotatable bonds is 3. The van der Waals surface area contributed by atoms with Crippen molar-refractivity contribution in [3.63, 3.8) is 0 Å². The number of halogens is 1. The lowest BCUT2D eigenvalue weighted by Crippen LogP contribution is -2.54. The SMILES string of the molecule is CC1CN(c2cnn(CC3CC3)c(=O)c2Br)CC(C)N1. The van der Waals surface area contributed by atoms with Crippen LogP contribution in [0.5, 0.6) is 0 Å². The standard InChI is InChI=1S/C14H21BrN4O/c1-9-6-18(7-10(2)17-9)12-5-16-19(8-11-3-4-11)14(20)13(12)15/h5,9-11,17H,3-4,6-8H2,1-2H3. The van der Waals surface area contributed by atoms with Gasteiger partial charge in [0.15, 0.2) is 0 Å². The largest absolute Gasteiger partial charge is 0.366 e. The molecule has 2 unspecified atom stereocenters. The summed E-state index contributed by atoms with van der Waals surface area (Å²) in [6.07, 6.45) is 4.28. The minimum Gasteiger partial charge on any atom is -0.366 e. The molecule has 1 aliphatic heterocycles. The van der Waals surface area contributed by atoms with Gasteiger partial charge in [0, 0.05) is 31.7 Å². The molecule has 0 aromatic carbocycles. The number of anilines is 1. The fraction of sp³-hybridized carbons (Fsp3) is 0.714. The average Bonchev–Trinajstić information content (AvgIpc) is 3.18. The minimum atomic E-state index is -0.00626. The Morgan fingerprint density at radius 1 is 1.35 bits per heavy atom. The zero-order chi connectivity index (χ0) is 14.3. The van der Waals surface area contributed by atoms with E-state index in [0.29, 0.717) is 22.5 Å². The summed E-state index contributed by atoms with van der Waals surface area (Å²) in [7, 11) is 0. The van der Waals surface area contributed by atoms with E-state index < -0.39 is 0 Å². The molecule has 20 heavy (non-hydrogen) atoms. The maximum Gasteiger partial charge on any atom is 0.283 e. The third-order valence-corrected chi connectivity index (χ3v) is 4.74. The van der Waals surface area contributed by atoms with Crippen molar-refractivity contribution >= 4 is 21.6 Å². The zero-order valence-electron chi connectivity index (χ0n) is 12.0. The molecule has 0 bridgehead atoms. The van der Waals surface area contributed by atoms with Gasteiger partial charge in [-0.2, -0.15) is 5.10 Å². The number of piperazine rings is 1. The van der Waals surface area contributed by atoms with Crippen LogP contribution in [0.4, 0.5) is 5.69 Å². The van der Waals surface area contributed by atoms with Crippen LogP contribution in [0.1, 0.15) is 26.7 Å². The summed E-state index contributed by atoms with van der Waals surface area (Å²) in [5.41, 5.74) is 0.912. The molecule has 1 saturated carbocycles. The first kappa shape index (κ1) is 14.1. The van der Waals surface area contributed by atoms with Gasteiger partial charge in [-0.3, -0.25) is 4.79 Å². The van der Waals surface area contributed by atoms with Crippen molar-refractivity contribution in [1.29, 1.82) is 0 Å². The first-order valence-corrected chi connectivity index (χ1v) is 8.10. The Bertz CT molecular complexity index is 545. The summed E-state index contributed by atoms with van der Waals surface area (Å²) in [5, 5.41) is 7.85. The second-order valence-electron chi connectivity index (χ2n) is 6.15. The Balaban J connectivity index is 1.86. The highest BCUT2D eigenvalue weighted by Crippen LogP contribution is 2.30. The fourth-order valence-electron chi connectivity index (χ4n) is 2.88. The van der Waals surface area contributed by atoms with Crippen molar-refractivity contribution in [2.24, 2.45) is 5.92 Å². The maximum atomic E-state index is 12.4. The van der Waals surface area contributed by atoms with E-state index in [-0.39, 0.29) is 5.56 Å². The van der Waals surface area contributed by atoms with E-state index in [1.54, 1.807) is 4.68 Å². The van der Waals surface area contributed by atoms with Gasteiger partial charge < -0.3 is 10.2 Å². The summed E-state index contributed by atoms with van der Waals surface area (Å²) >= 11 is 3.48. The first-order valence-electron chi connectivity index (χ1n) is 7.31. The molecule has 2 aliphatic rings. The lowest BCUT2D eigenvalue weighted by Gasteiger charge is -2.37. The van der Waals surface area contributed by atoms with Crippen LogP contribution in [-0.2, 0) is 6.54 Å². The molecule has 6 heteroatoms. The van der Waals surface area contributed by atoms with Crippen LogP contribution in [0, 0.1) is 5.92 Å². The Morgan fingerprint density at radius 3 is 2.60 bits per heavy atom. The van der Waals surface area contributed by atoms with E-state index in [9.17, 15) is 4.79 Å².